The van der Waals surface area contributed by atoms with Crippen LogP contribution in [0.5, 0.6) is 5.75 Å². The predicted molar refractivity (Wildman–Crippen MR) is 91.3 cm³/mol. The zero-order chi connectivity index (χ0) is 15.4. The molecule has 1 saturated heterocycles. The molecule has 1 aliphatic rings. The molecule has 1 atom stereocenters. The summed E-state index contributed by atoms with van der Waals surface area (Å²) in [7, 11) is 0. The van der Waals surface area contributed by atoms with E-state index in [4.69, 9.17) is 0 Å². The normalized spacial score (nSPS) is 22.6. The second-order valence-electron chi connectivity index (χ2n) is 6.72. The fourth-order valence-electron chi connectivity index (χ4n) is 3.57. The van der Waals surface area contributed by atoms with Crippen LogP contribution in [0, 0.1) is 0 Å². The maximum atomic E-state index is 9.49. The summed E-state index contributed by atoms with van der Waals surface area (Å²) >= 11 is 0. The number of aromatic hydroxyl groups is 1. The van der Waals surface area contributed by atoms with Crippen molar-refractivity contribution in [1.29, 1.82) is 0 Å². The molecule has 0 spiro atoms. The average Bonchev–Trinajstić information content (AvgIpc) is 2.54. The molecule has 1 aliphatic heterocycles. The largest absolute Gasteiger partial charge is 0.508 e. The van der Waals surface area contributed by atoms with Gasteiger partial charge in [0.05, 0.1) is 0 Å². The second-order valence-corrected chi connectivity index (χ2v) is 6.72. The fourth-order valence-corrected chi connectivity index (χ4v) is 3.57. The van der Waals surface area contributed by atoms with Crippen molar-refractivity contribution < 1.29 is 5.11 Å². The Morgan fingerprint density at radius 1 is 1.05 bits per heavy atom. The third-order valence-electron chi connectivity index (χ3n) is 4.90. The summed E-state index contributed by atoms with van der Waals surface area (Å²) in [5.74, 6) is 0.351. The molecule has 116 valence electrons. The second kappa shape index (κ2) is 6.53. The van der Waals surface area contributed by atoms with Crippen LogP contribution in [0.2, 0.25) is 0 Å². The van der Waals surface area contributed by atoms with Crippen molar-refractivity contribution in [2.24, 2.45) is 0 Å². The molecule has 2 aromatic carbocycles. The Morgan fingerprint density at radius 3 is 2.50 bits per heavy atom. The van der Waals surface area contributed by atoms with E-state index in [-0.39, 0.29) is 5.41 Å². The van der Waals surface area contributed by atoms with Crippen LogP contribution in [0.4, 0.5) is 0 Å². The minimum absolute atomic E-state index is 0.197. The van der Waals surface area contributed by atoms with Gasteiger partial charge in [-0.05, 0) is 49.1 Å². The van der Waals surface area contributed by atoms with Crippen molar-refractivity contribution in [3.8, 4) is 5.75 Å². The molecule has 2 heteroatoms. The van der Waals surface area contributed by atoms with Crippen molar-refractivity contribution in [1.82, 2.24) is 4.90 Å². The van der Waals surface area contributed by atoms with Crippen molar-refractivity contribution in [2.75, 3.05) is 19.6 Å². The van der Waals surface area contributed by atoms with Crippen LogP contribution < -0.4 is 0 Å². The highest BCUT2D eigenvalue weighted by molar-refractivity contribution is 5.32. The lowest BCUT2D eigenvalue weighted by Crippen LogP contribution is -2.45. The lowest BCUT2D eigenvalue weighted by atomic mass is 9.76. The van der Waals surface area contributed by atoms with E-state index in [0.717, 1.165) is 19.5 Å². The summed E-state index contributed by atoms with van der Waals surface area (Å²) in [4.78, 5) is 2.59. The van der Waals surface area contributed by atoms with Crippen LogP contribution in [0.3, 0.4) is 0 Å². The van der Waals surface area contributed by atoms with Gasteiger partial charge in [0, 0.05) is 18.5 Å². The van der Waals surface area contributed by atoms with E-state index in [0.29, 0.717) is 5.75 Å². The smallest absolute Gasteiger partial charge is 0.115 e. The number of hydrogen-bond donors (Lipinski definition) is 1. The summed E-state index contributed by atoms with van der Waals surface area (Å²) in [6.45, 7) is 5.77. The Kier molecular flexibility index (Phi) is 4.49. The van der Waals surface area contributed by atoms with Crippen LogP contribution in [0.15, 0.2) is 54.6 Å². The third kappa shape index (κ3) is 3.50. The molecule has 0 saturated carbocycles. The van der Waals surface area contributed by atoms with Gasteiger partial charge < -0.3 is 10.0 Å². The molecule has 0 aromatic heterocycles. The molecule has 0 aliphatic carbocycles. The quantitative estimate of drug-likeness (QED) is 0.922. The Bertz CT molecular complexity index is 593. The average molecular weight is 295 g/mol. The SMILES string of the molecule is CC1(c2ccc(O)cc2)CCCN(CCc2ccccc2)C1. The molecule has 1 N–H and O–H groups in total. The fraction of sp³-hybridized carbons (Fsp3) is 0.400. The molecule has 0 radical (unpaired) electrons. The number of piperidine rings is 1. The number of hydrogen-bond acceptors (Lipinski definition) is 2. The van der Waals surface area contributed by atoms with Gasteiger partial charge in [0.25, 0.3) is 0 Å². The molecule has 3 rings (SSSR count). The highest BCUT2D eigenvalue weighted by Gasteiger charge is 2.32. The van der Waals surface area contributed by atoms with Gasteiger partial charge in [0.1, 0.15) is 5.75 Å². The Balaban J connectivity index is 1.64. The van der Waals surface area contributed by atoms with Crippen molar-refractivity contribution in [2.45, 2.75) is 31.6 Å². The van der Waals surface area contributed by atoms with Gasteiger partial charge in [-0.15, -0.1) is 0 Å². The van der Waals surface area contributed by atoms with E-state index in [1.165, 1.54) is 30.5 Å². The summed E-state index contributed by atoms with van der Waals surface area (Å²) in [5, 5.41) is 9.49. The summed E-state index contributed by atoms with van der Waals surface area (Å²) in [6.07, 6.45) is 3.58. The zero-order valence-electron chi connectivity index (χ0n) is 13.3. The molecule has 1 unspecified atom stereocenters. The first-order chi connectivity index (χ1) is 10.7. The van der Waals surface area contributed by atoms with Crippen LogP contribution in [0.1, 0.15) is 30.9 Å². The summed E-state index contributed by atoms with van der Waals surface area (Å²) < 4.78 is 0. The standard InChI is InChI=1S/C20H25NO/c1-20(18-8-10-19(22)11-9-18)13-5-14-21(16-20)15-12-17-6-3-2-4-7-17/h2-4,6-11,22H,5,12-16H2,1H3. The zero-order valence-corrected chi connectivity index (χ0v) is 13.3. The van der Waals surface area contributed by atoms with Crippen LogP contribution in [-0.4, -0.2) is 29.6 Å². The number of likely N-dealkylation sites (tertiary alicyclic amines) is 1. The molecular formula is C20H25NO. The highest BCUT2D eigenvalue weighted by Crippen LogP contribution is 2.34. The van der Waals surface area contributed by atoms with E-state index in [1.54, 1.807) is 0 Å². The minimum atomic E-state index is 0.197. The molecule has 1 fully saturated rings. The number of rotatable bonds is 4. The molecule has 2 nitrogen and oxygen atoms in total. The van der Waals surface area contributed by atoms with E-state index < -0.39 is 0 Å². The summed E-state index contributed by atoms with van der Waals surface area (Å²) in [5.41, 5.74) is 2.96. The Hall–Kier alpha value is -1.80. The Morgan fingerprint density at radius 2 is 1.77 bits per heavy atom. The monoisotopic (exact) mass is 295 g/mol. The first-order valence-corrected chi connectivity index (χ1v) is 8.22. The van der Waals surface area contributed by atoms with E-state index in [1.807, 2.05) is 12.1 Å². The first-order valence-electron chi connectivity index (χ1n) is 8.22. The first kappa shape index (κ1) is 15.1. The maximum absolute atomic E-state index is 9.49. The molecule has 0 bridgehead atoms. The minimum Gasteiger partial charge on any atom is -0.508 e. The van der Waals surface area contributed by atoms with Crippen LogP contribution >= 0.6 is 0 Å². The third-order valence-corrected chi connectivity index (χ3v) is 4.90. The summed E-state index contributed by atoms with van der Waals surface area (Å²) in [6, 6.07) is 18.5. The number of phenolic OH excluding ortho intramolecular Hbond substituents is 1. The van der Waals surface area contributed by atoms with Gasteiger partial charge in [-0.3, -0.25) is 0 Å². The van der Waals surface area contributed by atoms with Crippen molar-refractivity contribution in [3.05, 3.63) is 65.7 Å². The molecule has 22 heavy (non-hydrogen) atoms. The number of nitrogens with zero attached hydrogens (tertiary/aromatic N) is 1. The topological polar surface area (TPSA) is 23.5 Å². The van der Waals surface area contributed by atoms with Crippen LogP contribution in [-0.2, 0) is 11.8 Å². The van der Waals surface area contributed by atoms with Gasteiger partial charge in [-0.1, -0.05) is 49.4 Å². The molecular weight excluding hydrogens is 270 g/mol. The number of phenols is 1. The van der Waals surface area contributed by atoms with E-state index in [9.17, 15) is 5.11 Å². The molecule has 1 heterocycles. The van der Waals surface area contributed by atoms with Gasteiger partial charge in [-0.2, -0.15) is 0 Å². The van der Waals surface area contributed by atoms with Gasteiger partial charge in [-0.25, -0.2) is 0 Å². The van der Waals surface area contributed by atoms with Gasteiger partial charge >= 0.3 is 0 Å². The maximum Gasteiger partial charge on any atom is 0.115 e. The number of benzene rings is 2. The van der Waals surface area contributed by atoms with Gasteiger partial charge in [0.2, 0.25) is 0 Å². The van der Waals surface area contributed by atoms with E-state index >= 15 is 0 Å². The molecule has 2 aromatic rings. The van der Waals surface area contributed by atoms with Gasteiger partial charge in [0.15, 0.2) is 0 Å². The van der Waals surface area contributed by atoms with Crippen molar-refractivity contribution >= 4 is 0 Å². The highest BCUT2D eigenvalue weighted by atomic mass is 16.3. The van der Waals surface area contributed by atoms with E-state index in [2.05, 4.69) is 54.3 Å². The Labute approximate surface area is 133 Å². The lowest BCUT2D eigenvalue weighted by Gasteiger charge is -2.41. The van der Waals surface area contributed by atoms with Crippen LogP contribution in [0.25, 0.3) is 0 Å². The van der Waals surface area contributed by atoms with Crippen molar-refractivity contribution in [3.63, 3.8) is 0 Å². The lowest BCUT2D eigenvalue weighted by molar-refractivity contribution is 0.158. The molecule has 0 amide bonds. The predicted octanol–water partition coefficient (Wildman–Crippen LogP) is 3.99.